The molecule has 0 bridgehead atoms. The molecule has 2 unspecified atom stereocenters. The standard InChI is InChI=1S/C10H18/c1-5-8(3)10(6-2)7-9(10)4/h8H,4-7H2,1-3H3. The van der Waals surface area contributed by atoms with Crippen LogP contribution in [0.2, 0.25) is 0 Å². The molecule has 0 aromatic heterocycles. The largest absolute Gasteiger partial charge is 0.0992 e. The Morgan fingerprint density at radius 2 is 2.10 bits per heavy atom. The Labute approximate surface area is 64.3 Å². The van der Waals surface area contributed by atoms with Gasteiger partial charge < -0.3 is 0 Å². The molecular formula is C10H18. The van der Waals surface area contributed by atoms with Crippen molar-refractivity contribution in [3.05, 3.63) is 12.2 Å². The summed E-state index contributed by atoms with van der Waals surface area (Å²) >= 11 is 0. The van der Waals surface area contributed by atoms with Gasteiger partial charge in [0.15, 0.2) is 0 Å². The lowest BCUT2D eigenvalue weighted by atomic mass is 9.85. The van der Waals surface area contributed by atoms with E-state index in [0.717, 1.165) is 5.92 Å². The minimum Gasteiger partial charge on any atom is -0.0992 e. The van der Waals surface area contributed by atoms with Crippen molar-refractivity contribution < 1.29 is 0 Å². The van der Waals surface area contributed by atoms with Crippen LogP contribution >= 0.6 is 0 Å². The van der Waals surface area contributed by atoms with Gasteiger partial charge in [0.25, 0.3) is 0 Å². The van der Waals surface area contributed by atoms with E-state index in [1.807, 2.05) is 0 Å². The maximum atomic E-state index is 4.06. The zero-order valence-corrected chi connectivity index (χ0v) is 7.41. The summed E-state index contributed by atoms with van der Waals surface area (Å²) in [6, 6.07) is 0. The van der Waals surface area contributed by atoms with E-state index in [2.05, 4.69) is 27.4 Å². The highest BCUT2D eigenvalue weighted by atomic mass is 14.5. The van der Waals surface area contributed by atoms with Crippen molar-refractivity contribution in [2.24, 2.45) is 11.3 Å². The molecule has 0 radical (unpaired) electrons. The van der Waals surface area contributed by atoms with E-state index >= 15 is 0 Å². The van der Waals surface area contributed by atoms with Crippen LogP contribution in [0.15, 0.2) is 12.2 Å². The molecule has 0 heteroatoms. The fourth-order valence-electron chi connectivity index (χ4n) is 1.97. The van der Waals surface area contributed by atoms with Gasteiger partial charge in [0.05, 0.1) is 0 Å². The van der Waals surface area contributed by atoms with Crippen molar-refractivity contribution in [2.75, 3.05) is 0 Å². The first-order valence-electron chi connectivity index (χ1n) is 4.35. The third kappa shape index (κ3) is 0.902. The molecule has 0 heterocycles. The number of hydrogen-bond acceptors (Lipinski definition) is 0. The minimum atomic E-state index is 0.564. The van der Waals surface area contributed by atoms with Gasteiger partial charge in [-0.15, -0.1) is 0 Å². The van der Waals surface area contributed by atoms with Gasteiger partial charge >= 0.3 is 0 Å². The Bertz CT molecular complexity index is 146. The molecule has 1 aliphatic rings. The molecule has 10 heavy (non-hydrogen) atoms. The summed E-state index contributed by atoms with van der Waals surface area (Å²) in [5.74, 6) is 0.852. The van der Waals surface area contributed by atoms with Gasteiger partial charge in [-0.25, -0.2) is 0 Å². The van der Waals surface area contributed by atoms with Gasteiger partial charge in [-0.1, -0.05) is 39.3 Å². The van der Waals surface area contributed by atoms with Crippen LogP contribution in [0.1, 0.15) is 40.0 Å². The van der Waals surface area contributed by atoms with Crippen LogP contribution in [-0.2, 0) is 0 Å². The van der Waals surface area contributed by atoms with Gasteiger partial charge in [-0.3, -0.25) is 0 Å². The second-order valence-corrected chi connectivity index (χ2v) is 3.60. The summed E-state index contributed by atoms with van der Waals surface area (Å²) in [7, 11) is 0. The van der Waals surface area contributed by atoms with Crippen molar-refractivity contribution in [3.63, 3.8) is 0 Å². The van der Waals surface area contributed by atoms with E-state index in [-0.39, 0.29) is 0 Å². The Hall–Kier alpha value is -0.260. The lowest BCUT2D eigenvalue weighted by molar-refractivity contribution is 0.332. The molecule has 2 atom stereocenters. The average Bonchev–Trinajstić information content (AvgIpc) is 2.61. The molecule has 1 fully saturated rings. The highest BCUT2D eigenvalue weighted by Crippen LogP contribution is 2.59. The molecule has 0 aromatic rings. The minimum absolute atomic E-state index is 0.564. The molecule has 1 saturated carbocycles. The van der Waals surface area contributed by atoms with Crippen molar-refractivity contribution in [1.82, 2.24) is 0 Å². The molecule has 58 valence electrons. The highest BCUT2D eigenvalue weighted by Gasteiger charge is 2.48. The molecule has 0 aliphatic heterocycles. The van der Waals surface area contributed by atoms with Crippen LogP contribution in [0.5, 0.6) is 0 Å². The summed E-state index contributed by atoms with van der Waals surface area (Å²) < 4.78 is 0. The zero-order valence-electron chi connectivity index (χ0n) is 7.41. The molecular weight excluding hydrogens is 120 g/mol. The number of hydrogen-bond donors (Lipinski definition) is 0. The van der Waals surface area contributed by atoms with E-state index in [1.54, 1.807) is 0 Å². The Morgan fingerprint density at radius 1 is 1.60 bits per heavy atom. The van der Waals surface area contributed by atoms with Crippen molar-refractivity contribution >= 4 is 0 Å². The van der Waals surface area contributed by atoms with Crippen LogP contribution in [0.3, 0.4) is 0 Å². The number of allylic oxidation sites excluding steroid dienone is 1. The first kappa shape index (κ1) is 7.84. The SMILES string of the molecule is C=C1CC1(CC)C(C)CC. The molecule has 1 aliphatic carbocycles. The fraction of sp³-hybridized carbons (Fsp3) is 0.800. The van der Waals surface area contributed by atoms with Crippen LogP contribution < -0.4 is 0 Å². The topological polar surface area (TPSA) is 0 Å². The number of rotatable bonds is 3. The van der Waals surface area contributed by atoms with E-state index < -0.39 is 0 Å². The average molecular weight is 138 g/mol. The van der Waals surface area contributed by atoms with E-state index in [4.69, 9.17) is 0 Å². The molecule has 0 nitrogen and oxygen atoms in total. The second-order valence-electron chi connectivity index (χ2n) is 3.60. The maximum Gasteiger partial charge on any atom is -0.00304 e. The maximum absolute atomic E-state index is 4.06. The monoisotopic (exact) mass is 138 g/mol. The second kappa shape index (κ2) is 2.41. The normalized spacial score (nSPS) is 34.1. The lowest BCUT2D eigenvalue weighted by Gasteiger charge is -2.19. The van der Waals surface area contributed by atoms with Gasteiger partial charge in [0, 0.05) is 0 Å². The van der Waals surface area contributed by atoms with E-state index in [1.165, 1.54) is 24.8 Å². The van der Waals surface area contributed by atoms with E-state index in [0.29, 0.717) is 5.41 Å². The summed E-state index contributed by atoms with van der Waals surface area (Å²) in [6.07, 6.45) is 3.88. The predicted molar refractivity (Wildman–Crippen MR) is 45.9 cm³/mol. The van der Waals surface area contributed by atoms with Gasteiger partial charge in [-0.2, -0.15) is 0 Å². The quantitative estimate of drug-likeness (QED) is 0.524. The molecule has 0 saturated heterocycles. The van der Waals surface area contributed by atoms with E-state index in [9.17, 15) is 0 Å². The Morgan fingerprint density at radius 3 is 2.20 bits per heavy atom. The molecule has 0 aromatic carbocycles. The van der Waals surface area contributed by atoms with Crippen LogP contribution in [0, 0.1) is 11.3 Å². The highest BCUT2D eigenvalue weighted by molar-refractivity contribution is 5.30. The smallest absolute Gasteiger partial charge is 0.00304 e. The van der Waals surface area contributed by atoms with Crippen molar-refractivity contribution in [3.8, 4) is 0 Å². The Kier molecular flexibility index (Phi) is 1.89. The van der Waals surface area contributed by atoms with Gasteiger partial charge in [-0.05, 0) is 24.2 Å². The summed E-state index contributed by atoms with van der Waals surface area (Å²) in [5.41, 5.74) is 2.05. The van der Waals surface area contributed by atoms with Crippen LogP contribution in [0.4, 0.5) is 0 Å². The third-order valence-electron chi connectivity index (χ3n) is 3.29. The fourth-order valence-corrected chi connectivity index (χ4v) is 1.97. The third-order valence-corrected chi connectivity index (χ3v) is 3.29. The lowest BCUT2D eigenvalue weighted by Crippen LogP contribution is -2.10. The van der Waals surface area contributed by atoms with Gasteiger partial charge in [0.2, 0.25) is 0 Å². The predicted octanol–water partition coefficient (Wildman–Crippen LogP) is 3.39. The zero-order chi connectivity index (χ0) is 7.78. The molecule has 1 rings (SSSR count). The molecule has 0 amide bonds. The molecule has 0 N–H and O–H groups in total. The first-order chi connectivity index (χ1) is 4.67. The van der Waals surface area contributed by atoms with Crippen molar-refractivity contribution in [1.29, 1.82) is 0 Å². The Balaban J connectivity index is 2.59. The molecule has 0 spiro atoms. The summed E-state index contributed by atoms with van der Waals surface area (Å²) in [6.45, 7) is 11.0. The summed E-state index contributed by atoms with van der Waals surface area (Å²) in [4.78, 5) is 0. The summed E-state index contributed by atoms with van der Waals surface area (Å²) in [5, 5.41) is 0. The first-order valence-corrected chi connectivity index (χ1v) is 4.35. The van der Waals surface area contributed by atoms with Crippen LogP contribution in [-0.4, -0.2) is 0 Å². The van der Waals surface area contributed by atoms with Gasteiger partial charge in [0.1, 0.15) is 0 Å². The van der Waals surface area contributed by atoms with Crippen molar-refractivity contribution in [2.45, 2.75) is 40.0 Å². The van der Waals surface area contributed by atoms with Crippen LogP contribution in [0.25, 0.3) is 0 Å².